The molecule has 0 atom stereocenters. The molecule has 6 aromatic carbocycles. The first kappa shape index (κ1) is 23.2. The van der Waals surface area contributed by atoms with Gasteiger partial charge in [0.15, 0.2) is 0 Å². The molecule has 2 aromatic heterocycles. The van der Waals surface area contributed by atoms with Gasteiger partial charge in [0.25, 0.3) is 0 Å². The number of hydrogen-bond donors (Lipinski definition) is 0. The van der Waals surface area contributed by atoms with Crippen LogP contribution >= 0.6 is 22.7 Å². The largest absolute Gasteiger partial charge is 0.192 e. The van der Waals surface area contributed by atoms with E-state index in [4.69, 9.17) is 0 Å². The van der Waals surface area contributed by atoms with E-state index in [1.807, 2.05) is 40.9 Å². The van der Waals surface area contributed by atoms with Crippen LogP contribution in [0.3, 0.4) is 0 Å². The highest BCUT2D eigenvalue weighted by Crippen LogP contribution is 2.44. The Hall–Kier alpha value is -4.75. The van der Waals surface area contributed by atoms with E-state index in [0.717, 1.165) is 22.3 Å². The molecular weight excluding hydrogens is 523 g/mol. The second-order valence-electron chi connectivity index (χ2n) is 10.0. The second-order valence-corrected chi connectivity index (χ2v) is 12.1. The highest BCUT2D eigenvalue weighted by Gasteiger charge is 2.17. The van der Waals surface area contributed by atoms with Crippen LogP contribution in [0.1, 0.15) is 5.56 Å². The van der Waals surface area contributed by atoms with E-state index >= 15 is 0 Å². The van der Waals surface area contributed by atoms with Crippen LogP contribution < -0.4 is 0 Å². The van der Waals surface area contributed by atoms with Crippen LogP contribution in [-0.2, 0) is 0 Å². The molecule has 0 aliphatic heterocycles. The maximum atomic E-state index is 10.0. The fourth-order valence-electron chi connectivity index (χ4n) is 5.86. The zero-order valence-corrected chi connectivity index (χ0v) is 23.0. The molecule has 0 amide bonds. The van der Waals surface area contributed by atoms with Crippen molar-refractivity contribution < 1.29 is 0 Å². The SMILES string of the molecule is N#Cc1ccccc1-c1cc(-c2ccc3sc4ccccc4c3c2)ccc1-c1cccc2c1sc1ccccc12. The number of nitrogens with zero attached hydrogens (tertiary/aromatic N) is 1. The maximum Gasteiger partial charge on any atom is 0.0998 e. The molecule has 3 heteroatoms. The summed E-state index contributed by atoms with van der Waals surface area (Å²) in [5.74, 6) is 0. The number of thiophene rings is 2. The Morgan fingerprint density at radius 1 is 0.425 bits per heavy atom. The summed E-state index contributed by atoms with van der Waals surface area (Å²) in [6.45, 7) is 0. The molecule has 186 valence electrons. The van der Waals surface area contributed by atoms with Crippen molar-refractivity contribution in [2.24, 2.45) is 0 Å². The molecule has 0 radical (unpaired) electrons. The van der Waals surface area contributed by atoms with Crippen LogP contribution in [0.25, 0.3) is 73.7 Å². The van der Waals surface area contributed by atoms with Crippen molar-refractivity contribution in [3.05, 3.63) is 133 Å². The molecule has 0 saturated carbocycles. The summed E-state index contributed by atoms with van der Waals surface area (Å²) in [5, 5.41) is 15.2. The van der Waals surface area contributed by atoms with Gasteiger partial charge >= 0.3 is 0 Å². The van der Waals surface area contributed by atoms with Crippen molar-refractivity contribution in [1.29, 1.82) is 5.26 Å². The van der Waals surface area contributed by atoms with Crippen LogP contribution in [0, 0.1) is 11.3 Å². The average Bonchev–Trinajstić information content (AvgIpc) is 3.59. The number of rotatable bonds is 3. The molecule has 0 saturated heterocycles. The van der Waals surface area contributed by atoms with Crippen molar-refractivity contribution in [2.45, 2.75) is 0 Å². The number of fused-ring (bicyclic) bond motifs is 6. The van der Waals surface area contributed by atoms with E-state index in [2.05, 4.69) is 115 Å². The van der Waals surface area contributed by atoms with Gasteiger partial charge in [-0.2, -0.15) is 5.26 Å². The molecule has 8 aromatic rings. The third kappa shape index (κ3) is 3.58. The van der Waals surface area contributed by atoms with Gasteiger partial charge in [-0.05, 0) is 58.7 Å². The Bertz CT molecular complexity index is 2290. The summed E-state index contributed by atoms with van der Waals surface area (Å²) in [6, 6.07) is 47.7. The van der Waals surface area contributed by atoms with Crippen LogP contribution in [0.4, 0.5) is 0 Å². The van der Waals surface area contributed by atoms with Gasteiger partial charge in [0, 0.05) is 51.5 Å². The minimum atomic E-state index is 0.684. The monoisotopic (exact) mass is 543 g/mol. The first-order valence-electron chi connectivity index (χ1n) is 13.2. The Morgan fingerprint density at radius 2 is 1.05 bits per heavy atom. The first-order valence-corrected chi connectivity index (χ1v) is 14.9. The van der Waals surface area contributed by atoms with Crippen LogP contribution in [0.5, 0.6) is 0 Å². The molecule has 0 aliphatic carbocycles. The Labute approximate surface area is 239 Å². The minimum absolute atomic E-state index is 0.684. The van der Waals surface area contributed by atoms with Crippen LogP contribution in [0.15, 0.2) is 127 Å². The van der Waals surface area contributed by atoms with E-state index in [1.54, 1.807) is 0 Å². The lowest BCUT2D eigenvalue weighted by Crippen LogP contribution is -1.91. The summed E-state index contributed by atoms with van der Waals surface area (Å²) >= 11 is 3.68. The van der Waals surface area contributed by atoms with Crippen LogP contribution in [-0.4, -0.2) is 0 Å². The van der Waals surface area contributed by atoms with E-state index < -0.39 is 0 Å². The molecule has 8 rings (SSSR count). The predicted octanol–water partition coefficient (Wildman–Crippen LogP) is 11.3. The third-order valence-electron chi connectivity index (χ3n) is 7.76. The normalized spacial score (nSPS) is 11.5. The lowest BCUT2D eigenvalue weighted by molar-refractivity contribution is 1.48. The summed E-state index contributed by atoms with van der Waals surface area (Å²) in [5.41, 5.74) is 7.39. The smallest absolute Gasteiger partial charge is 0.0998 e. The van der Waals surface area contributed by atoms with Crippen molar-refractivity contribution in [1.82, 2.24) is 0 Å². The lowest BCUT2D eigenvalue weighted by atomic mass is 9.88. The molecule has 2 heterocycles. The van der Waals surface area contributed by atoms with Gasteiger partial charge in [0.05, 0.1) is 11.6 Å². The van der Waals surface area contributed by atoms with Crippen molar-refractivity contribution in [2.75, 3.05) is 0 Å². The molecule has 0 N–H and O–H groups in total. The van der Waals surface area contributed by atoms with E-state index in [9.17, 15) is 5.26 Å². The predicted molar refractivity (Wildman–Crippen MR) is 173 cm³/mol. The summed E-state index contributed by atoms with van der Waals surface area (Å²) in [6.07, 6.45) is 0. The molecule has 0 bridgehead atoms. The number of benzene rings is 6. The molecule has 0 fully saturated rings. The molecule has 0 spiro atoms. The quantitative estimate of drug-likeness (QED) is 0.217. The second kappa shape index (κ2) is 9.17. The van der Waals surface area contributed by atoms with Crippen molar-refractivity contribution in [3.8, 4) is 39.4 Å². The lowest BCUT2D eigenvalue weighted by Gasteiger charge is -2.15. The van der Waals surface area contributed by atoms with Gasteiger partial charge in [-0.15, -0.1) is 22.7 Å². The maximum absolute atomic E-state index is 10.0. The number of hydrogen-bond acceptors (Lipinski definition) is 3. The average molecular weight is 544 g/mol. The van der Waals surface area contributed by atoms with Crippen molar-refractivity contribution >= 4 is 63.0 Å². The highest BCUT2D eigenvalue weighted by atomic mass is 32.1. The van der Waals surface area contributed by atoms with Gasteiger partial charge in [-0.25, -0.2) is 0 Å². The van der Waals surface area contributed by atoms with Crippen LogP contribution in [0.2, 0.25) is 0 Å². The Kier molecular flexibility index (Phi) is 5.31. The molecule has 1 nitrogen and oxygen atoms in total. The minimum Gasteiger partial charge on any atom is -0.192 e. The highest BCUT2D eigenvalue weighted by molar-refractivity contribution is 7.26. The summed E-state index contributed by atoms with van der Waals surface area (Å²) < 4.78 is 5.17. The zero-order chi connectivity index (χ0) is 26.6. The van der Waals surface area contributed by atoms with Gasteiger partial charge in [0.1, 0.15) is 0 Å². The topological polar surface area (TPSA) is 23.8 Å². The molecule has 40 heavy (non-hydrogen) atoms. The van der Waals surface area contributed by atoms with E-state index in [1.165, 1.54) is 51.5 Å². The summed E-state index contributed by atoms with van der Waals surface area (Å²) in [4.78, 5) is 0. The third-order valence-corrected chi connectivity index (χ3v) is 10.1. The Morgan fingerprint density at radius 3 is 1.90 bits per heavy atom. The standard InChI is InChI=1S/C37H21NS2/c38-22-25-8-1-2-9-26(25)32-20-23(24-17-19-36-33(21-24)29-11-4-5-14-34(29)39-36)16-18-27(32)30-12-7-13-31-28-10-3-6-15-35(28)40-37(30)31/h1-21H. The number of nitriles is 1. The zero-order valence-electron chi connectivity index (χ0n) is 21.4. The molecule has 0 unspecified atom stereocenters. The Balaban J connectivity index is 1.39. The molecular formula is C37H21NS2. The fourth-order valence-corrected chi connectivity index (χ4v) is 8.18. The van der Waals surface area contributed by atoms with Gasteiger partial charge in [-0.3, -0.25) is 0 Å². The summed E-state index contributed by atoms with van der Waals surface area (Å²) in [7, 11) is 0. The van der Waals surface area contributed by atoms with Gasteiger partial charge in [0.2, 0.25) is 0 Å². The van der Waals surface area contributed by atoms with Crippen molar-refractivity contribution in [3.63, 3.8) is 0 Å². The van der Waals surface area contributed by atoms with E-state index in [-0.39, 0.29) is 0 Å². The van der Waals surface area contributed by atoms with Gasteiger partial charge < -0.3 is 0 Å². The van der Waals surface area contributed by atoms with Gasteiger partial charge in [-0.1, -0.05) is 91.0 Å². The van der Waals surface area contributed by atoms with E-state index in [0.29, 0.717) is 5.56 Å². The first-order chi connectivity index (χ1) is 19.8. The molecule has 0 aliphatic rings. The fraction of sp³-hybridized carbons (Fsp3) is 0.